The summed E-state index contributed by atoms with van der Waals surface area (Å²) in [6.45, 7) is 1.53. The fourth-order valence-corrected chi connectivity index (χ4v) is 0.943. The minimum Gasteiger partial charge on any atom is -0.508 e. The van der Waals surface area contributed by atoms with Crippen LogP contribution in [0.1, 0.15) is 15.9 Å². The van der Waals surface area contributed by atoms with Crippen LogP contribution in [-0.2, 0) is 0 Å². The second-order valence-corrected chi connectivity index (χ2v) is 2.52. The summed E-state index contributed by atoms with van der Waals surface area (Å²) in [5.41, 5.74) is 5.95. The maximum atomic E-state index is 10.6. The zero-order valence-electron chi connectivity index (χ0n) is 6.53. The predicted octanol–water partition coefficient (Wildman–Crippen LogP) is 0.981. The minimum atomic E-state index is -1.09. The Morgan fingerprint density at radius 3 is 2.58 bits per heavy atom. The van der Waals surface area contributed by atoms with Gasteiger partial charge in [-0.15, -0.1) is 0 Å². The van der Waals surface area contributed by atoms with Crippen LogP contribution < -0.4 is 5.73 Å². The Labute approximate surface area is 69.3 Å². The number of phenolic OH excluding ortho intramolecular Hbond substituents is 1. The minimum absolute atomic E-state index is 0.0347. The van der Waals surface area contributed by atoms with E-state index in [4.69, 9.17) is 10.8 Å². The van der Waals surface area contributed by atoms with Gasteiger partial charge in [0, 0.05) is 17.3 Å². The summed E-state index contributed by atoms with van der Waals surface area (Å²) in [5, 5.41) is 17.8. The average molecular weight is 167 g/mol. The first-order chi connectivity index (χ1) is 5.52. The van der Waals surface area contributed by atoms with Gasteiger partial charge in [-0.25, -0.2) is 4.79 Å². The average Bonchev–Trinajstić information content (AvgIpc) is 1.96. The van der Waals surface area contributed by atoms with Crippen LogP contribution >= 0.6 is 0 Å². The molecule has 0 saturated carbocycles. The van der Waals surface area contributed by atoms with Gasteiger partial charge < -0.3 is 15.9 Å². The van der Waals surface area contributed by atoms with E-state index in [-0.39, 0.29) is 17.0 Å². The third-order valence-corrected chi connectivity index (χ3v) is 1.63. The molecule has 0 bridgehead atoms. The summed E-state index contributed by atoms with van der Waals surface area (Å²) in [7, 11) is 0. The first-order valence-corrected chi connectivity index (χ1v) is 3.34. The lowest BCUT2D eigenvalue weighted by Crippen LogP contribution is -2.01. The molecule has 0 spiro atoms. The second kappa shape index (κ2) is 2.73. The predicted molar refractivity (Wildman–Crippen MR) is 44.2 cm³/mol. The topological polar surface area (TPSA) is 83.5 Å². The van der Waals surface area contributed by atoms with Gasteiger partial charge in [0.15, 0.2) is 0 Å². The van der Waals surface area contributed by atoms with Gasteiger partial charge in [0.25, 0.3) is 0 Å². The molecule has 0 aliphatic heterocycles. The number of nitrogens with two attached hydrogens (primary N) is 1. The number of anilines is 1. The van der Waals surface area contributed by atoms with Crippen molar-refractivity contribution in [1.82, 2.24) is 0 Å². The number of rotatable bonds is 1. The van der Waals surface area contributed by atoms with Crippen molar-refractivity contribution in [3.05, 3.63) is 23.3 Å². The lowest BCUT2D eigenvalue weighted by Gasteiger charge is -2.04. The van der Waals surface area contributed by atoms with E-state index < -0.39 is 5.97 Å². The Morgan fingerprint density at radius 2 is 2.08 bits per heavy atom. The van der Waals surface area contributed by atoms with Gasteiger partial charge >= 0.3 is 5.97 Å². The van der Waals surface area contributed by atoms with Crippen LogP contribution in [-0.4, -0.2) is 16.2 Å². The van der Waals surface area contributed by atoms with E-state index in [1.54, 1.807) is 0 Å². The summed E-state index contributed by atoms with van der Waals surface area (Å²) in [6, 6.07) is 2.64. The fraction of sp³-hybridized carbons (Fsp3) is 0.125. The Hall–Kier alpha value is -1.71. The number of nitrogen functional groups attached to an aromatic ring is 1. The largest absolute Gasteiger partial charge is 0.508 e. The SMILES string of the molecule is Cc1c(O)cc(N)cc1C(=O)O. The molecule has 0 fully saturated rings. The number of carboxylic acids is 1. The molecular formula is C8H9NO3. The number of carbonyl (C=O) groups is 1. The molecule has 0 aromatic heterocycles. The highest BCUT2D eigenvalue weighted by atomic mass is 16.4. The Bertz CT molecular complexity index is 333. The van der Waals surface area contributed by atoms with E-state index in [2.05, 4.69) is 0 Å². The van der Waals surface area contributed by atoms with Crippen LogP contribution in [0.4, 0.5) is 5.69 Å². The lowest BCUT2D eigenvalue weighted by atomic mass is 10.1. The van der Waals surface area contributed by atoms with Crippen molar-refractivity contribution in [3.8, 4) is 5.75 Å². The van der Waals surface area contributed by atoms with Crippen LogP contribution in [0.5, 0.6) is 5.75 Å². The van der Waals surface area contributed by atoms with E-state index in [1.165, 1.54) is 19.1 Å². The van der Waals surface area contributed by atoms with Crippen LogP contribution in [0.3, 0.4) is 0 Å². The molecule has 1 aromatic rings. The van der Waals surface area contributed by atoms with Gasteiger partial charge in [-0.3, -0.25) is 0 Å². The van der Waals surface area contributed by atoms with Crippen molar-refractivity contribution in [2.24, 2.45) is 0 Å². The maximum Gasteiger partial charge on any atom is 0.336 e. The molecule has 64 valence electrons. The van der Waals surface area contributed by atoms with E-state index in [0.717, 1.165) is 0 Å². The molecule has 0 aliphatic rings. The standard InChI is InChI=1S/C8H9NO3/c1-4-6(8(11)12)2-5(9)3-7(4)10/h2-3,10H,9H2,1H3,(H,11,12). The molecule has 4 heteroatoms. The molecule has 0 saturated heterocycles. The van der Waals surface area contributed by atoms with Crippen molar-refractivity contribution in [1.29, 1.82) is 0 Å². The molecule has 0 heterocycles. The molecule has 4 nitrogen and oxygen atoms in total. The number of aromatic hydroxyl groups is 1. The highest BCUT2D eigenvalue weighted by Gasteiger charge is 2.10. The summed E-state index contributed by atoms with van der Waals surface area (Å²) in [4.78, 5) is 10.6. The smallest absolute Gasteiger partial charge is 0.336 e. The summed E-state index contributed by atoms with van der Waals surface area (Å²) >= 11 is 0. The van der Waals surface area contributed by atoms with Crippen molar-refractivity contribution in [3.63, 3.8) is 0 Å². The van der Waals surface area contributed by atoms with Crippen LogP contribution in [0.15, 0.2) is 12.1 Å². The fourth-order valence-electron chi connectivity index (χ4n) is 0.943. The van der Waals surface area contributed by atoms with E-state index in [1.807, 2.05) is 0 Å². The number of benzene rings is 1. The van der Waals surface area contributed by atoms with E-state index >= 15 is 0 Å². The molecule has 12 heavy (non-hydrogen) atoms. The third kappa shape index (κ3) is 1.32. The molecule has 0 amide bonds. The number of hydrogen-bond donors (Lipinski definition) is 3. The van der Waals surface area contributed by atoms with Crippen LogP contribution in [0.2, 0.25) is 0 Å². The summed E-state index contributed by atoms with van der Waals surface area (Å²) in [5.74, 6) is -1.18. The number of aromatic carboxylic acids is 1. The zero-order valence-corrected chi connectivity index (χ0v) is 6.53. The monoisotopic (exact) mass is 167 g/mol. The second-order valence-electron chi connectivity index (χ2n) is 2.52. The van der Waals surface area contributed by atoms with Crippen molar-refractivity contribution in [2.45, 2.75) is 6.92 Å². The van der Waals surface area contributed by atoms with Crippen molar-refractivity contribution >= 4 is 11.7 Å². The highest BCUT2D eigenvalue weighted by Crippen LogP contribution is 2.23. The number of carboxylic acid groups (broad SMARTS) is 1. The molecule has 0 atom stereocenters. The quantitative estimate of drug-likeness (QED) is 0.544. The highest BCUT2D eigenvalue weighted by molar-refractivity contribution is 5.91. The van der Waals surface area contributed by atoms with Gasteiger partial charge in [-0.05, 0) is 13.0 Å². The van der Waals surface area contributed by atoms with Crippen molar-refractivity contribution in [2.75, 3.05) is 5.73 Å². The Morgan fingerprint density at radius 1 is 1.50 bits per heavy atom. The molecule has 0 aliphatic carbocycles. The molecule has 1 rings (SSSR count). The van der Waals surface area contributed by atoms with Gasteiger partial charge in [0.05, 0.1) is 5.56 Å². The molecule has 4 N–H and O–H groups in total. The first-order valence-electron chi connectivity index (χ1n) is 3.34. The third-order valence-electron chi connectivity index (χ3n) is 1.63. The maximum absolute atomic E-state index is 10.6. The Balaban J connectivity index is 3.37. The van der Waals surface area contributed by atoms with Gasteiger partial charge in [0.2, 0.25) is 0 Å². The van der Waals surface area contributed by atoms with E-state index in [9.17, 15) is 9.90 Å². The normalized spacial score (nSPS) is 9.75. The lowest BCUT2D eigenvalue weighted by molar-refractivity contribution is 0.0695. The molecular weight excluding hydrogens is 158 g/mol. The zero-order chi connectivity index (χ0) is 9.30. The van der Waals surface area contributed by atoms with Gasteiger partial charge in [-0.2, -0.15) is 0 Å². The van der Waals surface area contributed by atoms with Crippen LogP contribution in [0.25, 0.3) is 0 Å². The van der Waals surface area contributed by atoms with Gasteiger partial charge in [-0.1, -0.05) is 0 Å². The van der Waals surface area contributed by atoms with Gasteiger partial charge in [0.1, 0.15) is 5.75 Å². The first kappa shape index (κ1) is 8.39. The summed E-state index contributed by atoms with van der Waals surface area (Å²) < 4.78 is 0. The molecule has 0 radical (unpaired) electrons. The molecule has 1 aromatic carbocycles. The van der Waals surface area contributed by atoms with Crippen molar-refractivity contribution < 1.29 is 15.0 Å². The Kier molecular flexibility index (Phi) is 1.91. The molecule has 0 unspecified atom stereocenters. The number of phenols is 1. The summed E-state index contributed by atoms with van der Waals surface area (Å²) in [6.07, 6.45) is 0. The van der Waals surface area contributed by atoms with Crippen LogP contribution in [0, 0.1) is 6.92 Å². The van der Waals surface area contributed by atoms with E-state index in [0.29, 0.717) is 5.56 Å². The number of hydrogen-bond acceptors (Lipinski definition) is 3.